The topological polar surface area (TPSA) is 67.8 Å². The zero-order valence-corrected chi connectivity index (χ0v) is 14.3. The molecule has 1 atom stereocenters. The number of carbonyl (C=O) groups is 1. The van der Waals surface area contributed by atoms with E-state index in [0.717, 1.165) is 24.6 Å². The average Bonchev–Trinajstić information content (AvgIpc) is 2.37. The van der Waals surface area contributed by atoms with E-state index < -0.39 is 0 Å². The minimum absolute atomic E-state index is 0.161. The van der Waals surface area contributed by atoms with Crippen molar-refractivity contribution in [2.75, 3.05) is 6.54 Å². The van der Waals surface area contributed by atoms with Crippen molar-refractivity contribution in [3.05, 3.63) is 0 Å². The number of nitrogens with one attached hydrogen (secondary N) is 1. The molecule has 1 rings (SSSR count). The number of thiol groups is 2. The van der Waals surface area contributed by atoms with Crippen LogP contribution in [0.5, 0.6) is 0 Å². The van der Waals surface area contributed by atoms with Crippen LogP contribution < -0.4 is 5.32 Å². The van der Waals surface area contributed by atoms with Gasteiger partial charge in [0.15, 0.2) is 10.3 Å². The van der Waals surface area contributed by atoms with Crippen LogP contribution in [0.25, 0.3) is 0 Å². The van der Waals surface area contributed by atoms with E-state index in [4.69, 9.17) is 0 Å². The smallest absolute Gasteiger partial charge is 0.286 e. The van der Waals surface area contributed by atoms with Gasteiger partial charge in [0.05, 0.1) is 0 Å². The van der Waals surface area contributed by atoms with E-state index in [0.29, 0.717) is 17.6 Å². The van der Waals surface area contributed by atoms with Crippen LogP contribution in [0.4, 0.5) is 4.79 Å². The lowest BCUT2D eigenvalue weighted by Gasteiger charge is -2.14. The molecule has 1 N–H and O–H groups in total. The van der Waals surface area contributed by atoms with Gasteiger partial charge in [-0.25, -0.2) is 0 Å². The summed E-state index contributed by atoms with van der Waals surface area (Å²) in [7, 11) is 0. The molecule has 1 aromatic heterocycles. The summed E-state index contributed by atoms with van der Waals surface area (Å²) in [5, 5.41) is 3.58. The van der Waals surface area contributed by atoms with Gasteiger partial charge in [-0.2, -0.15) is 15.0 Å². The summed E-state index contributed by atoms with van der Waals surface area (Å²) in [4.78, 5) is 23.6. The van der Waals surface area contributed by atoms with Gasteiger partial charge in [-0.05, 0) is 12.3 Å². The predicted octanol–water partition coefficient (Wildman–Crippen LogP) is 3.47. The summed E-state index contributed by atoms with van der Waals surface area (Å²) in [5.74, 6) is 0.527. The molecule has 0 radical (unpaired) electrons. The molecule has 0 aliphatic carbocycles. The monoisotopic (exact) mass is 332 g/mol. The number of nitrogens with zero attached hydrogens (tertiary/aromatic N) is 3. The summed E-state index contributed by atoms with van der Waals surface area (Å²) < 4.78 is 0. The quantitative estimate of drug-likeness (QED) is 0.527. The lowest BCUT2D eigenvalue weighted by molar-refractivity contribution is 0.258. The van der Waals surface area contributed by atoms with Gasteiger partial charge in [0.1, 0.15) is 0 Å². The largest absolute Gasteiger partial charge is 0.346 e. The number of rotatable bonds is 7. The van der Waals surface area contributed by atoms with Crippen LogP contribution in [0.1, 0.15) is 39.5 Å². The third-order valence-corrected chi connectivity index (χ3v) is 3.95. The second-order valence-corrected chi connectivity index (χ2v) is 6.14. The number of carbonyl (C=O) groups excluding carboxylic acids is 1. The molecule has 1 unspecified atom stereocenters. The first kappa shape index (κ1) is 17.6. The maximum Gasteiger partial charge on any atom is 0.286 e. The maximum atomic E-state index is 11.8. The number of unbranched alkanes of at least 4 members (excludes halogenated alkanes) is 1. The fourth-order valence-electron chi connectivity index (χ4n) is 1.67. The first-order valence-electron chi connectivity index (χ1n) is 6.64. The Kier molecular flexibility index (Phi) is 8.32. The first-order valence-corrected chi connectivity index (χ1v) is 8.35. The van der Waals surface area contributed by atoms with Crippen molar-refractivity contribution in [2.45, 2.75) is 55.0 Å². The lowest BCUT2D eigenvalue weighted by atomic mass is 10.00. The number of amides is 1. The molecule has 20 heavy (non-hydrogen) atoms. The van der Waals surface area contributed by atoms with Gasteiger partial charge in [-0.3, -0.25) is 4.79 Å². The van der Waals surface area contributed by atoms with Gasteiger partial charge in [0.25, 0.3) is 5.24 Å². The van der Waals surface area contributed by atoms with Crippen LogP contribution in [0.3, 0.4) is 0 Å². The minimum Gasteiger partial charge on any atom is -0.346 e. The highest BCUT2D eigenvalue weighted by Crippen LogP contribution is 2.17. The van der Waals surface area contributed by atoms with E-state index in [1.807, 2.05) is 0 Å². The summed E-state index contributed by atoms with van der Waals surface area (Å²) in [5.41, 5.74) is 0. The molecule has 5 nitrogen and oxygen atoms in total. The second kappa shape index (κ2) is 9.46. The van der Waals surface area contributed by atoms with Crippen LogP contribution in [0, 0.1) is 5.92 Å². The van der Waals surface area contributed by atoms with Crippen LogP contribution in [-0.2, 0) is 0 Å². The normalized spacial score (nSPS) is 12.2. The standard InChI is InChI=1S/C12H20N4OS3/c1-3-5-6-8(4-2)7-13-12(17)20-11-15-9(18)14-10(19)16-11/h8H,3-7H2,1-2H3,(H,13,17)(H2,14,15,16,18,19). The van der Waals surface area contributed by atoms with Gasteiger partial charge in [-0.1, -0.05) is 33.1 Å². The third-order valence-electron chi connectivity index (χ3n) is 2.85. The van der Waals surface area contributed by atoms with Crippen LogP contribution in [0.15, 0.2) is 15.5 Å². The molecule has 0 saturated carbocycles. The van der Waals surface area contributed by atoms with Crippen molar-refractivity contribution >= 4 is 42.3 Å². The number of hydrogen-bond acceptors (Lipinski definition) is 7. The molecule has 112 valence electrons. The van der Waals surface area contributed by atoms with Crippen molar-refractivity contribution in [2.24, 2.45) is 5.92 Å². The Morgan fingerprint density at radius 2 is 1.90 bits per heavy atom. The number of hydrogen-bond donors (Lipinski definition) is 3. The molecule has 1 heterocycles. The van der Waals surface area contributed by atoms with E-state index in [1.165, 1.54) is 12.8 Å². The second-order valence-electron chi connectivity index (χ2n) is 4.40. The Labute approximate surface area is 135 Å². The summed E-state index contributed by atoms with van der Waals surface area (Å²) in [6.07, 6.45) is 4.59. The van der Waals surface area contributed by atoms with Gasteiger partial charge in [0.2, 0.25) is 5.16 Å². The molecular weight excluding hydrogens is 312 g/mol. The van der Waals surface area contributed by atoms with Gasteiger partial charge in [0, 0.05) is 18.3 Å². The van der Waals surface area contributed by atoms with Crippen molar-refractivity contribution in [1.29, 1.82) is 0 Å². The van der Waals surface area contributed by atoms with Crippen molar-refractivity contribution in [1.82, 2.24) is 20.3 Å². The molecular formula is C12H20N4OS3. The molecule has 0 saturated heterocycles. The summed E-state index contributed by atoms with van der Waals surface area (Å²) in [6, 6.07) is 0. The van der Waals surface area contributed by atoms with Gasteiger partial charge >= 0.3 is 0 Å². The molecule has 1 amide bonds. The van der Waals surface area contributed by atoms with Crippen LogP contribution in [-0.4, -0.2) is 26.7 Å². The van der Waals surface area contributed by atoms with Crippen LogP contribution >= 0.6 is 37.0 Å². The minimum atomic E-state index is -0.161. The Morgan fingerprint density at radius 3 is 2.45 bits per heavy atom. The van der Waals surface area contributed by atoms with E-state index >= 15 is 0 Å². The van der Waals surface area contributed by atoms with Gasteiger partial charge in [-0.15, -0.1) is 25.3 Å². The fourth-order valence-corrected chi connectivity index (χ4v) is 2.85. The Hall–Kier alpha value is -0.470. The van der Waals surface area contributed by atoms with Crippen molar-refractivity contribution in [3.63, 3.8) is 0 Å². The highest BCUT2D eigenvalue weighted by Gasteiger charge is 2.12. The zero-order valence-electron chi connectivity index (χ0n) is 11.7. The summed E-state index contributed by atoms with van der Waals surface area (Å²) in [6.45, 7) is 5.01. The molecule has 0 bridgehead atoms. The molecule has 0 aliphatic rings. The highest BCUT2D eigenvalue weighted by atomic mass is 32.2. The molecule has 0 aromatic carbocycles. The van der Waals surface area contributed by atoms with Crippen molar-refractivity contribution < 1.29 is 4.79 Å². The SMILES string of the molecule is CCCCC(CC)CNC(=O)Sc1nc(S)nc(S)n1. The van der Waals surface area contributed by atoms with E-state index in [-0.39, 0.29) is 15.6 Å². The third kappa shape index (κ3) is 6.81. The molecule has 0 fully saturated rings. The Balaban J connectivity index is 2.42. The number of aromatic nitrogens is 3. The Bertz CT molecular complexity index is 424. The Morgan fingerprint density at radius 1 is 1.25 bits per heavy atom. The fraction of sp³-hybridized carbons (Fsp3) is 0.667. The van der Waals surface area contributed by atoms with E-state index in [9.17, 15) is 4.79 Å². The maximum absolute atomic E-state index is 11.8. The lowest BCUT2D eigenvalue weighted by Crippen LogP contribution is -2.26. The van der Waals surface area contributed by atoms with E-state index in [1.54, 1.807) is 0 Å². The molecule has 0 spiro atoms. The molecule has 0 aliphatic heterocycles. The first-order chi connectivity index (χ1) is 9.55. The predicted molar refractivity (Wildman–Crippen MR) is 86.9 cm³/mol. The average molecular weight is 333 g/mol. The molecule has 1 aromatic rings. The van der Waals surface area contributed by atoms with Gasteiger partial charge < -0.3 is 5.32 Å². The number of thioether (sulfide) groups is 1. The zero-order chi connectivity index (χ0) is 15.0. The molecule has 8 heteroatoms. The highest BCUT2D eigenvalue weighted by molar-refractivity contribution is 8.13. The van der Waals surface area contributed by atoms with Crippen molar-refractivity contribution in [3.8, 4) is 0 Å². The van der Waals surface area contributed by atoms with Crippen LogP contribution in [0.2, 0.25) is 0 Å². The summed E-state index contributed by atoms with van der Waals surface area (Å²) >= 11 is 9.00. The van der Waals surface area contributed by atoms with E-state index in [2.05, 4.69) is 59.4 Å².